The number of anilines is 1. The first kappa shape index (κ1) is 18.2. The molecule has 2 aromatic carbocycles. The van der Waals surface area contributed by atoms with Gasteiger partial charge in [0.25, 0.3) is 5.91 Å². The number of hydrogen-bond acceptors (Lipinski definition) is 6. The Morgan fingerprint density at radius 3 is 2.69 bits per heavy atom. The predicted molar refractivity (Wildman–Crippen MR) is 102 cm³/mol. The van der Waals surface area contributed by atoms with Crippen LogP contribution in [0.4, 0.5) is 5.13 Å². The van der Waals surface area contributed by atoms with Crippen LogP contribution in [0.15, 0.2) is 42.5 Å². The normalized spacial score (nSPS) is 10.4. The maximum Gasteiger partial charge on any atom is 0.264 e. The minimum Gasteiger partial charge on any atom is -0.497 e. The van der Waals surface area contributed by atoms with Gasteiger partial charge in [0, 0.05) is 22.1 Å². The molecule has 0 radical (unpaired) electrons. The zero-order valence-electron chi connectivity index (χ0n) is 14.2. The summed E-state index contributed by atoms with van der Waals surface area (Å²) in [6, 6.07) is 12.6. The van der Waals surface area contributed by atoms with Crippen molar-refractivity contribution in [3.05, 3.63) is 53.1 Å². The van der Waals surface area contributed by atoms with Gasteiger partial charge in [-0.25, -0.2) is 0 Å². The Bertz CT molecular complexity index is 912. The van der Waals surface area contributed by atoms with E-state index in [1.54, 1.807) is 25.3 Å². The van der Waals surface area contributed by atoms with Crippen molar-refractivity contribution in [3.63, 3.8) is 0 Å². The van der Waals surface area contributed by atoms with Gasteiger partial charge in [0.05, 0.1) is 7.11 Å². The minimum absolute atomic E-state index is 0.125. The number of aromatic nitrogens is 2. The molecule has 0 atom stereocenters. The molecule has 0 fully saturated rings. The Labute approximate surface area is 159 Å². The smallest absolute Gasteiger partial charge is 0.264 e. The van der Waals surface area contributed by atoms with Gasteiger partial charge >= 0.3 is 0 Å². The van der Waals surface area contributed by atoms with Crippen LogP contribution < -0.4 is 14.8 Å². The monoisotopic (exact) mass is 389 g/mol. The predicted octanol–water partition coefficient (Wildman–Crippen LogP) is 4.19. The van der Waals surface area contributed by atoms with Crippen LogP contribution >= 0.6 is 23.1 Å². The highest BCUT2D eigenvalue weighted by atomic mass is 35.5. The zero-order valence-corrected chi connectivity index (χ0v) is 15.7. The first-order valence-corrected chi connectivity index (χ1v) is 8.87. The van der Waals surface area contributed by atoms with Gasteiger partial charge in [0.15, 0.2) is 12.4 Å². The van der Waals surface area contributed by atoms with E-state index in [-0.39, 0.29) is 12.5 Å². The summed E-state index contributed by atoms with van der Waals surface area (Å²) in [7, 11) is 1.61. The molecule has 1 N–H and O–H groups in total. The summed E-state index contributed by atoms with van der Waals surface area (Å²) >= 11 is 7.01. The molecule has 8 heteroatoms. The van der Waals surface area contributed by atoms with Gasteiger partial charge in [-0.1, -0.05) is 11.6 Å². The van der Waals surface area contributed by atoms with Crippen LogP contribution in [-0.4, -0.2) is 29.0 Å². The van der Waals surface area contributed by atoms with Crippen molar-refractivity contribution >= 4 is 34.2 Å². The van der Waals surface area contributed by atoms with E-state index in [0.29, 0.717) is 21.7 Å². The van der Waals surface area contributed by atoms with E-state index in [1.807, 2.05) is 31.2 Å². The van der Waals surface area contributed by atoms with Crippen molar-refractivity contribution in [2.24, 2.45) is 0 Å². The second-order valence-corrected chi connectivity index (χ2v) is 6.59. The summed E-state index contributed by atoms with van der Waals surface area (Å²) in [5.41, 5.74) is 1.71. The molecule has 1 aromatic heterocycles. The van der Waals surface area contributed by atoms with Gasteiger partial charge in [0.1, 0.15) is 11.5 Å². The van der Waals surface area contributed by atoms with Gasteiger partial charge in [-0.05, 0) is 55.0 Å². The molecule has 3 aromatic rings. The zero-order chi connectivity index (χ0) is 18.5. The van der Waals surface area contributed by atoms with Gasteiger partial charge in [-0.15, -0.1) is 0 Å². The highest BCUT2D eigenvalue weighted by molar-refractivity contribution is 7.10. The topological polar surface area (TPSA) is 73.3 Å². The lowest BCUT2D eigenvalue weighted by atomic mass is 10.2. The number of carbonyl (C=O) groups is 1. The molecule has 3 rings (SSSR count). The van der Waals surface area contributed by atoms with Crippen molar-refractivity contribution in [2.45, 2.75) is 6.92 Å². The first-order valence-electron chi connectivity index (χ1n) is 7.72. The Morgan fingerprint density at radius 2 is 2.00 bits per heavy atom. The third kappa shape index (κ3) is 4.50. The van der Waals surface area contributed by atoms with Gasteiger partial charge < -0.3 is 9.47 Å². The van der Waals surface area contributed by atoms with Crippen LogP contribution in [0.1, 0.15) is 5.56 Å². The summed E-state index contributed by atoms with van der Waals surface area (Å²) in [5.74, 6) is 1.60. The van der Waals surface area contributed by atoms with E-state index in [2.05, 4.69) is 14.7 Å². The third-order valence-corrected chi connectivity index (χ3v) is 4.38. The molecule has 0 saturated carbocycles. The fraction of sp³-hybridized carbons (Fsp3) is 0.167. The molecule has 26 heavy (non-hydrogen) atoms. The number of amides is 1. The van der Waals surface area contributed by atoms with Crippen molar-refractivity contribution in [1.82, 2.24) is 9.36 Å². The van der Waals surface area contributed by atoms with Crippen molar-refractivity contribution < 1.29 is 14.3 Å². The molecule has 0 aliphatic carbocycles. The van der Waals surface area contributed by atoms with E-state index in [9.17, 15) is 4.79 Å². The number of nitrogens with zero attached hydrogens (tertiary/aromatic N) is 2. The second kappa shape index (κ2) is 8.16. The molecule has 1 amide bonds. The van der Waals surface area contributed by atoms with Gasteiger partial charge in [-0.3, -0.25) is 10.1 Å². The van der Waals surface area contributed by atoms with E-state index >= 15 is 0 Å². The number of rotatable bonds is 6. The largest absolute Gasteiger partial charge is 0.497 e. The fourth-order valence-electron chi connectivity index (χ4n) is 2.21. The lowest BCUT2D eigenvalue weighted by Crippen LogP contribution is -2.20. The summed E-state index contributed by atoms with van der Waals surface area (Å²) in [5, 5.41) is 3.72. The Hall–Kier alpha value is -2.64. The van der Waals surface area contributed by atoms with E-state index in [4.69, 9.17) is 21.1 Å². The van der Waals surface area contributed by atoms with E-state index in [0.717, 1.165) is 28.4 Å². The Balaban J connectivity index is 1.58. The second-order valence-electron chi connectivity index (χ2n) is 5.40. The summed E-state index contributed by atoms with van der Waals surface area (Å²) in [4.78, 5) is 16.4. The van der Waals surface area contributed by atoms with Crippen molar-refractivity contribution in [1.29, 1.82) is 0 Å². The van der Waals surface area contributed by atoms with Crippen LogP contribution in [0.5, 0.6) is 11.5 Å². The van der Waals surface area contributed by atoms with Gasteiger partial charge in [-0.2, -0.15) is 9.36 Å². The molecule has 6 nitrogen and oxygen atoms in total. The van der Waals surface area contributed by atoms with Crippen molar-refractivity contribution in [2.75, 3.05) is 19.0 Å². The first-order chi connectivity index (χ1) is 12.5. The molecule has 0 saturated heterocycles. The maximum atomic E-state index is 12.1. The number of aryl methyl sites for hydroxylation is 1. The number of methoxy groups -OCH3 is 1. The van der Waals surface area contributed by atoms with E-state index < -0.39 is 0 Å². The lowest BCUT2D eigenvalue weighted by molar-refractivity contribution is -0.118. The summed E-state index contributed by atoms with van der Waals surface area (Å²) in [6.07, 6.45) is 0. The molecule has 0 unspecified atom stereocenters. The molecule has 0 aliphatic rings. The van der Waals surface area contributed by atoms with Crippen LogP contribution in [0.2, 0.25) is 5.02 Å². The molecule has 0 bridgehead atoms. The number of hydrogen-bond donors (Lipinski definition) is 1. The minimum atomic E-state index is -0.309. The highest BCUT2D eigenvalue weighted by Gasteiger charge is 2.11. The summed E-state index contributed by atoms with van der Waals surface area (Å²) in [6.45, 7) is 1.74. The third-order valence-electron chi connectivity index (χ3n) is 3.52. The molecular weight excluding hydrogens is 374 g/mol. The number of halogens is 1. The average molecular weight is 390 g/mol. The molecule has 0 spiro atoms. The Morgan fingerprint density at radius 1 is 1.23 bits per heavy atom. The van der Waals surface area contributed by atoms with Crippen LogP contribution in [0.3, 0.4) is 0 Å². The molecular formula is C18H16ClN3O3S. The number of ether oxygens (including phenoxy) is 2. The van der Waals surface area contributed by atoms with Crippen LogP contribution in [0, 0.1) is 6.92 Å². The maximum absolute atomic E-state index is 12.1. The van der Waals surface area contributed by atoms with Crippen LogP contribution in [-0.2, 0) is 4.79 Å². The lowest BCUT2D eigenvalue weighted by Gasteiger charge is -2.08. The Kier molecular flexibility index (Phi) is 5.70. The van der Waals surface area contributed by atoms with Gasteiger partial charge in [0.2, 0.25) is 5.13 Å². The molecule has 1 heterocycles. The standard InChI is InChI=1S/C18H16ClN3O3S/c1-11-9-13(19)5-8-15(11)25-10-16(23)20-18-21-17(22-26-18)12-3-6-14(24-2)7-4-12/h3-9H,10H2,1-2H3,(H,20,21,22,23). The number of benzene rings is 2. The highest BCUT2D eigenvalue weighted by Crippen LogP contribution is 2.24. The van der Waals surface area contributed by atoms with Crippen molar-refractivity contribution in [3.8, 4) is 22.9 Å². The SMILES string of the molecule is COc1ccc(-c2nsc(NC(=O)COc3ccc(Cl)cc3C)n2)cc1. The number of nitrogens with one attached hydrogen (secondary N) is 1. The number of carbonyl (C=O) groups excluding carboxylic acids is 1. The van der Waals surface area contributed by atoms with Crippen LogP contribution in [0.25, 0.3) is 11.4 Å². The average Bonchev–Trinajstić information content (AvgIpc) is 3.09. The van der Waals surface area contributed by atoms with E-state index in [1.165, 1.54) is 0 Å². The summed E-state index contributed by atoms with van der Waals surface area (Å²) < 4.78 is 14.9. The molecule has 0 aliphatic heterocycles. The molecule has 134 valence electrons. The fourth-order valence-corrected chi connectivity index (χ4v) is 3.04. The quantitative estimate of drug-likeness (QED) is 0.684.